The van der Waals surface area contributed by atoms with E-state index >= 15 is 0 Å². The summed E-state index contributed by atoms with van der Waals surface area (Å²) in [5.74, 6) is 2.37. The van der Waals surface area contributed by atoms with Gasteiger partial charge in [0.05, 0.1) is 6.61 Å². The smallest absolute Gasteiger partial charge is 0.227 e. The minimum absolute atomic E-state index is 0.153. The first-order chi connectivity index (χ1) is 11.4. The SMILES string of the molecule is OCCN(c1ncc2cc[nH]c2n1)C1CCCC2CCCCC21. The van der Waals surface area contributed by atoms with Crippen LogP contribution < -0.4 is 4.90 Å². The fourth-order valence-electron chi connectivity index (χ4n) is 4.78. The van der Waals surface area contributed by atoms with Crippen LogP contribution in [0.4, 0.5) is 5.95 Å². The molecule has 0 aromatic carbocycles. The van der Waals surface area contributed by atoms with E-state index in [0.29, 0.717) is 12.6 Å². The first-order valence-electron chi connectivity index (χ1n) is 9.04. The predicted molar refractivity (Wildman–Crippen MR) is 91.4 cm³/mol. The Bertz CT molecular complexity index is 653. The maximum atomic E-state index is 9.59. The van der Waals surface area contributed by atoms with Gasteiger partial charge in [-0.3, -0.25) is 0 Å². The number of aliphatic hydroxyl groups is 1. The van der Waals surface area contributed by atoms with Gasteiger partial charge >= 0.3 is 0 Å². The summed E-state index contributed by atoms with van der Waals surface area (Å²) in [6.45, 7) is 0.778. The monoisotopic (exact) mass is 314 g/mol. The number of H-pyrrole nitrogens is 1. The van der Waals surface area contributed by atoms with Crippen molar-refractivity contribution in [3.63, 3.8) is 0 Å². The Hall–Kier alpha value is -1.62. The molecule has 0 spiro atoms. The molecule has 3 unspecified atom stereocenters. The van der Waals surface area contributed by atoms with E-state index in [0.717, 1.165) is 28.8 Å². The summed E-state index contributed by atoms with van der Waals surface area (Å²) in [5, 5.41) is 10.6. The number of fused-ring (bicyclic) bond motifs is 2. The number of aromatic amines is 1. The van der Waals surface area contributed by atoms with Crippen molar-refractivity contribution in [3.05, 3.63) is 18.5 Å². The molecule has 2 N–H and O–H groups in total. The fourth-order valence-corrected chi connectivity index (χ4v) is 4.78. The van der Waals surface area contributed by atoms with Crippen LogP contribution in [0.1, 0.15) is 44.9 Å². The van der Waals surface area contributed by atoms with Crippen molar-refractivity contribution in [2.45, 2.75) is 51.0 Å². The van der Waals surface area contributed by atoms with Crippen molar-refractivity contribution < 1.29 is 5.11 Å². The van der Waals surface area contributed by atoms with Crippen molar-refractivity contribution in [2.75, 3.05) is 18.1 Å². The average Bonchev–Trinajstić information content (AvgIpc) is 3.07. The zero-order valence-electron chi connectivity index (χ0n) is 13.6. The summed E-state index contributed by atoms with van der Waals surface area (Å²) in [7, 11) is 0. The highest BCUT2D eigenvalue weighted by Crippen LogP contribution is 2.43. The Labute approximate surface area is 137 Å². The van der Waals surface area contributed by atoms with Crippen LogP contribution in [0.25, 0.3) is 11.0 Å². The number of aliphatic hydroxyl groups excluding tert-OH is 1. The molecule has 0 aliphatic heterocycles. The molecule has 2 aromatic rings. The van der Waals surface area contributed by atoms with Crippen LogP contribution in [0.3, 0.4) is 0 Å². The van der Waals surface area contributed by atoms with Gasteiger partial charge in [0, 0.05) is 30.4 Å². The highest BCUT2D eigenvalue weighted by atomic mass is 16.3. The molecular weight excluding hydrogens is 288 g/mol. The number of hydrogen-bond donors (Lipinski definition) is 2. The van der Waals surface area contributed by atoms with Gasteiger partial charge in [0.15, 0.2) is 0 Å². The third-order valence-electron chi connectivity index (χ3n) is 5.82. The highest BCUT2D eigenvalue weighted by Gasteiger charge is 2.38. The van der Waals surface area contributed by atoms with Gasteiger partial charge in [0.25, 0.3) is 0 Å². The van der Waals surface area contributed by atoms with E-state index in [2.05, 4.69) is 14.9 Å². The molecule has 2 fully saturated rings. The third-order valence-corrected chi connectivity index (χ3v) is 5.82. The standard InChI is InChI=1S/C18H26N4O/c23-11-10-22(18-20-12-14-8-9-19-17(14)21-18)16-7-3-5-13-4-1-2-6-15(13)16/h8-9,12-13,15-16,23H,1-7,10-11H2,(H,19,20,21). The second-order valence-corrected chi connectivity index (χ2v) is 7.08. The maximum Gasteiger partial charge on any atom is 0.227 e. The van der Waals surface area contributed by atoms with Gasteiger partial charge in [-0.1, -0.05) is 32.1 Å². The van der Waals surface area contributed by atoms with Crippen molar-refractivity contribution in [1.82, 2.24) is 15.0 Å². The van der Waals surface area contributed by atoms with Gasteiger partial charge < -0.3 is 15.0 Å². The number of hydrogen-bond acceptors (Lipinski definition) is 4. The van der Waals surface area contributed by atoms with Gasteiger partial charge in [-0.15, -0.1) is 0 Å². The summed E-state index contributed by atoms with van der Waals surface area (Å²) >= 11 is 0. The molecule has 23 heavy (non-hydrogen) atoms. The van der Waals surface area contributed by atoms with Crippen molar-refractivity contribution in [3.8, 4) is 0 Å². The summed E-state index contributed by atoms with van der Waals surface area (Å²) in [6, 6.07) is 2.47. The van der Waals surface area contributed by atoms with Gasteiger partial charge in [-0.25, -0.2) is 4.98 Å². The van der Waals surface area contributed by atoms with Crippen LogP contribution in [0.15, 0.2) is 18.5 Å². The lowest BCUT2D eigenvalue weighted by Gasteiger charge is -2.46. The van der Waals surface area contributed by atoms with Crippen molar-refractivity contribution in [1.29, 1.82) is 0 Å². The second kappa shape index (κ2) is 6.48. The molecule has 3 atom stereocenters. The van der Waals surface area contributed by atoms with Crippen molar-refractivity contribution >= 4 is 17.0 Å². The van der Waals surface area contributed by atoms with E-state index in [-0.39, 0.29) is 6.61 Å². The van der Waals surface area contributed by atoms with Crippen molar-refractivity contribution in [2.24, 2.45) is 11.8 Å². The van der Waals surface area contributed by atoms with E-state index in [1.807, 2.05) is 18.5 Å². The first-order valence-corrected chi connectivity index (χ1v) is 9.04. The quantitative estimate of drug-likeness (QED) is 0.910. The lowest BCUT2D eigenvalue weighted by atomic mass is 9.68. The summed E-state index contributed by atoms with van der Waals surface area (Å²) in [6.07, 6.45) is 13.1. The Balaban J connectivity index is 1.65. The molecule has 2 aromatic heterocycles. The third kappa shape index (κ3) is 2.82. The van der Waals surface area contributed by atoms with E-state index in [1.165, 1.54) is 44.9 Å². The second-order valence-electron chi connectivity index (χ2n) is 7.08. The predicted octanol–water partition coefficient (Wildman–Crippen LogP) is 3.12. The van der Waals surface area contributed by atoms with Gasteiger partial charge in [-0.2, -0.15) is 4.98 Å². The van der Waals surface area contributed by atoms with Crippen LogP contribution in [0.2, 0.25) is 0 Å². The minimum atomic E-state index is 0.153. The lowest BCUT2D eigenvalue weighted by molar-refractivity contribution is 0.137. The number of aromatic nitrogens is 3. The highest BCUT2D eigenvalue weighted by molar-refractivity contribution is 5.75. The Kier molecular flexibility index (Phi) is 4.21. The number of nitrogens with one attached hydrogen (secondary N) is 1. The summed E-state index contributed by atoms with van der Waals surface area (Å²) < 4.78 is 0. The Morgan fingerprint density at radius 2 is 2.04 bits per heavy atom. The molecule has 0 saturated heterocycles. The average molecular weight is 314 g/mol. The summed E-state index contributed by atoms with van der Waals surface area (Å²) in [4.78, 5) is 14.8. The maximum absolute atomic E-state index is 9.59. The largest absolute Gasteiger partial charge is 0.395 e. The molecular formula is C18H26N4O. The molecule has 124 valence electrons. The van der Waals surface area contributed by atoms with Gasteiger partial charge in [0.2, 0.25) is 5.95 Å². The van der Waals surface area contributed by atoms with E-state index in [4.69, 9.17) is 4.98 Å². The molecule has 2 aliphatic rings. The molecule has 2 aliphatic carbocycles. The zero-order valence-corrected chi connectivity index (χ0v) is 13.6. The Morgan fingerprint density at radius 3 is 2.96 bits per heavy atom. The van der Waals surface area contributed by atoms with Crippen LogP contribution in [0.5, 0.6) is 0 Å². The molecule has 0 bridgehead atoms. The van der Waals surface area contributed by atoms with E-state index in [9.17, 15) is 5.11 Å². The van der Waals surface area contributed by atoms with Gasteiger partial charge in [0.1, 0.15) is 5.65 Å². The number of anilines is 1. The molecule has 2 heterocycles. The first kappa shape index (κ1) is 14.9. The number of nitrogens with zero attached hydrogens (tertiary/aromatic N) is 3. The molecule has 2 saturated carbocycles. The minimum Gasteiger partial charge on any atom is -0.395 e. The zero-order chi connectivity index (χ0) is 15.6. The molecule has 0 amide bonds. The van der Waals surface area contributed by atoms with Gasteiger partial charge in [-0.05, 0) is 30.7 Å². The molecule has 5 nitrogen and oxygen atoms in total. The van der Waals surface area contributed by atoms with E-state index in [1.54, 1.807) is 0 Å². The fraction of sp³-hybridized carbons (Fsp3) is 0.667. The molecule has 4 rings (SSSR count). The van der Waals surface area contributed by atoms with Crippen LogP contribution in [-0.4, -0.2) is 39.3 Å². The van der Waals surface area contributed by atoms with Crippen LogP contribution in [-0.2, 0) is 0 Å². The Morgan fingerprint density at radius 1 is 1.17 bits per heavy atom. The summed E-state index contributed by atoms with van der Waals surface area (Å²) in [5.41, 5.74) is 0.883. The normalized spacial score (nSPS) is 27.8. The lowest BCUT2D eigenvalue weighted by Crippen LogP contribution is -2.48. The van der Waals surface area contributed by atoms with Crippen LogP contribution in [0, 0.1) is 11.8 Å². The molecule has 5 heteroatoms. The van der Waals surface area contributed by atoms with E-state index < -0.39 is 0 Å². The van der Waals surface area contributed by atoms with Crippen LogP contribution >= 0.6 is 0 Å². The number of rotatable bonds is 4. The molecule has 0 radical (unpaired) electrons. The topological polar surface area (TPSA) is 65.0 Å².